The topological polar surface area (TPSA) is 74.6 Å². The number of carbonyl (C=O) groups is 1. The Labute approximate surface area is 188 Å². The highest BCUT2D eigenvalue weighted by Crippen LogP contribution is 2.33. The monoisotopic (exact) mass is 450 g/mol. The summed E-state index contributed by atoms with van der Waals surface area (Å²) in [6, 6.07) is 6.34. The van der Waals surface area contributed by atoms with E-state index in [1.165, 1.54) is 30.4 Å². The number of aryl methyl sites for hydroxylation is 1. The molecule has 2 fully saturated rings. The van der Waals surface area contributed by atoms with Crippen molar-refractivity contribution in [2.75, 3.05) is 23.3 Å². The van der Waals surface area contributed by atoms with Gasteiger partial charge in [-0.05, 0) is 49.9 Å². The molecule has 0 radical (unpaired) electrons. The lowest BCUT2D eigenvalue weighted by Crippen LogP contribution is -2.34. The number of carbonyl (C=O) groups excluding carboxylic acids is 1. The van der Waals surface area contributed by atoms with Crippen molar-refractivity contribution in [1.29, 1.82) is 0 Å². The van der Waals surface area contributed by atoms with Crippen LogP contribution in [-0.2, 0) is 0 Å². The van der Waals surface area contributed by atoms with E-state index in [1.807, 2.05) is 17.5 Å². The maximum atomic E-state index is 14.4. The van der Waals surface area contributed by atoms with Crippen molar-refractivity contribution < 1.29 is 9.18 Å². The fraction of sp³-hybridized carbons (Fsp3) is 0.348. The Balaban J connectivity index is 1.26. The lowest BCUT2D eigenvalue weighted by atomic mass is 10.1. The van der Waals surface area contributed by atoms with Crippen molar-refractivity contribution in [2.45, 2.75) is 38.3 Å². The lowest BCUT2D eigenvalue weighted by molar-refractivity contribution is 0.102. The number of hydrogen-bond acceptors (Lipinski definition) is 6. The highest BCUT2D eigenvalue weighted by molar-refractivity contribution is 7.05. The summed E-state index contributed by atoms with van der Waals surface area (Å²) in [5, 5.41) is 9.53. The number of anilines is 2. The van der Waals surface area contributed by atoms with Gasteiger partial charge in [-0.3, -0.25) is 4.79 Å². The van der Waals surface area contributed by atoms with Gasteiger partial charge >= 0.3 is 0 Å². The molecule has 0 unspecified atom stereocenters. The molecular formula is C23H23FN6OS. The van der Waals surface area contributed by atoms with Crippen molar-refractivity contribution in [1.82, 2.24) is 19.1 Å². The Hall–Kier alpha value is -3.04. The molecule has 1 amide bonds. The van der Waals surface area contributed by atoms with E-state index in [0.717, 1.165) is 30.6 Å². The molecule has 1 aliphatic carbocycles. The highest BCUT2D eigenvalue weighted by atomic mass is 32.1. The zero-order valence-electron chi connectivity index (χ0n) is 17.6. The molecule has 0 spiro atoms. The predicted molar refractivity (Wildman–Crippen MR) is 124 cm³/mol. The number of pyridine rings is 1. The second-order valence-corrected chi connectivity index (χ2v) is 9.35. The number of halogens is 1. The fourth-order valence-corrected chi connectivity index (χ4v) is 5.24. The van der Waals surface area contributed by atoms with Gasteiger partial charge in [-0.1, -0.05) is 0 Å². The van der Waals surface area contributed by atoms with Crippen LogP contribution in [0, 0.1) is 12.7 Å². The van der Waals surface area contributed by atoms with Gasteiger partial charge in [0, 0.05) is 60.1 Å². The third-order valence-electron chi connectivity index (χ3n) is 6.22. The highest BCUT2D eigenvalue weighted by Gasteiger charge is 2.30. The van der Waals surface area contributed by atoms with Gasteiger partial charge in [-0.15, -0.1) is 0 Å². The number of amides is 1. The Morgan fingerprint density at radius 1 is 1.22 bits per heavy atom. The molecule has 9 heteroatoms. The van der Waals surface area contributed by atoms with Crippen molar-refractivity contribution in [2.24, 2.45) is 0 Å². The Morgan fingerprint density at radius 2 is 2.09 bits per heavy atom. The number of benzene rings is 1. The van der Waals surface area contributed by atoms with Gasteiger partial charge in [-0.25, -0.2) is 9.37 Å². The molecule has 2 aliphatic rings. The van der Waals surface area contributed by atoms with Crippen LogP contribution in [-0.4, -0.2) is 44.8 Å². The summed E-state index contributed by atoms with van der Waals surface area (Å²) in [6.07, 6.45) is 7.09. The third kappa shape index (κ3) is 3.51. The smallest absolute Gasteiger partial charge is 0.257 e. The predicted octanol–water partition coefficient (Wildman–Crippen LogP) is 3.97. The summed E-state index contributed by atoms with van der Waals surface area (Å²) in [5.74, 6) is -0.786. The van der Waals surface area contributed by atoms with E-state index in [-0.39, 0.29) is 11.6 Å². The number of rotatable bonds is 5. The van der Waals surface area contributed by atoms with Crippen LogP contribution >= 0.6 is 11.5 Å². The van der Waals surface area contributed by atoms with E-state index in [1.54, 1.807) is 23.7 Å². The quantitative estimate of drug-likeness (QED) is 0.481. The van der Waals surface area contributed by atoms with Crippen LogP contribution < -0.4 is 15.5 Å². The molecule has 4 aromatic rings. The maximum absolute atomic E-state index is 14.4. The Bertz CT molecular complexity index is 1340. The zero-order valence-corrected chi connectivity index (χ0v) is 18.5. The van der Waals surface area contributed by atoms with Crippen LogP contribution in [0.15, 0.2) is 36.0 Å². The summed E-state index contributed by atoms with van der Waals surface area (Å²) >= 11 is 1.35. The van der Waals surface area contributed by atoms with E-state index in [2.05, 4.69) is 24.9 Å². The molecule has 1 aromatic carbocycles. The summed E-state index contributed by atoms with van der Waals surface area (Å²) < 4.78 is 20.5. The first-order chi connectivity index (χ1) is 15.5. The number of fused-ring (bicyclic) bond motifs is 2. The van der Waals surface area contributed by atoms with Crippen LogP contribution in [0.1, 0.15) is 35.3 Å². The molecular weight excluding hydrogens is 427 g/mol. The third-order valence-corrected chi connectivity index (χ3v) is 6.84. The minimum atomic E-state index is -0.478. The molecule has 2 N–H and O–H groups in total. The SMILES string of the molecule is Cc1cn2cc(NC(=O)c3ccc(N4CC[C@@H](NC5CC5)C4)c4csnc34)cc(F)c2n1. The number of aromatic nitrogens is 3. The fourth-order valence-electron chi connectivity index (χ4n) is 4.55. The average molecular weight is 451 g/mol. The molecule has 1 aliphatic heterocycles. The molecule has 6 rings (SSSR count). The van der Waals surface area contributed by atoms with Crippen LogP contribution in [0.3, 0.4) is 0 Å². The van der Waals surface area contributed by atoms with Gasteiger partial charge in [0.15, 0.2) is 11.5 Å². The van der Waals surface area contributed by atoms with Gasteiger partial charge in [0.05, 0.1) is 22.5 Å². The van der Waals surface area contributed by atoms with E-state index in [4.69, 9.17) is 0 Å². The first kappa shape index (κ1) is 19.6. The second kappa shape index (κ2) is 7.53. The molecule has 164 valence electrons. The molecule has 1 saturated heterocycles. The number of nitrogens with one attached hydrogen (secondary N) is 2. The second-order valence-electron chi connectivity index (χ2n) is 8.73. The molecule has 0 bridgehead atoms. The van der Waals surface area contributed by atoms with Crippen molar-refractivity contribution >= 4 is 45.4 Å². The van der Waals surface area contributed by atoms with Crippen molar-refractivity contribution in [3.05, 3.63) is 53.0 Å². The number of imidazole rings is 1. The van der Waals surface area contributed by atoms with E-state index < -0.39 is 5.82 Å². The molecule has 4 heterocycles. The molecule has 3 aromatic heterocycles. The summed E-state index contributed by atoms with van der Waals surface area (Å²) in [6.45, 7) is 3.76. The average Bonchev–Trinajstić information content (AvgIpc) is 3.14. The van der Waals surface area contributed by atoms with Crippen molar-refractivity contribution in [3.63, 3.8) is 0 Å². The summed E-state index contributed by atoms with van der Waals surface area (Å²) in [4.78, 5) is 19.6. The lowest BCUT2D eigenvalue weighted by Gasteiger charge is -2.20. The van der Waals surface area contributed by atoms with Gasteiger partial charge < -0.3 is 19.9 Å². The van der Waals surface area contributed by atoms with Crippen LogP contribution in [0.25, 0.3) is 16.6 Å². The first-order valence-electron chi connectivity index (χ1n) is 10.9. The van der Waals surface area contributed by atoms with Crippen LogP contribution in [0.5, 0.6) is 0 Å². The standard InChI is InChI=1S/C23H23FN6OS/c1-13-9-30-11-16(8-19(24)22(30)25-13)27-23(31)17-4-5-20(18-12-32-28-21(17)18)29-7-6-15(10-29)26-14-2-3-14/h4-5,8-9,11-12,14-15,26H,2-3,6-7,10H2,1H3,(H,27,31)/t15-/m1/s1. The van der Waals surface area contributed by atoms with Crippen LogP contribution in [0.2, 0.25) is 0 Å². The minimum absolute atomic E-state index is 0.242. The van der Waals surface area contributed by atoms with Gasteiger partial charge in [-0.2, -0.15) is 4.37 Å². The minimum Gasteiger partial charge on any atom is -0.369 e. The van der Waals surface area contributed by atoms with E-state index in [9.17, 15) is 9.18 Å². The van der Waals surface area contributed by atoms with Gasteiger partial charge in [0.25, 0.3) is 5.91 Å². The van der Waals surface area contributed by atoms with E-state index >= 15 is 0 Å². The first-order valence-corrected chi connectivity index (χ1v) is 11.7. The Morgan fingerprint density at radius 3 is 2.94 bits per heavy atom. The molecule has 32 heavy (non-hydrogen) atoms. The summed E-state index contributed by atoms with van der Waals surface area (Å²) in [5.41, 5.74) is 3.61. The molecule has 1 saturated carbocycles. The summed E-state index contributed by atoms with van der Waals surface area (Å²) in [7, 11) is 0. The normalized spacial score (nSPS) is 18.7. The number of nitrogens with zero attached hydrogens (tertiary/aromatic N) is 4. The Kier molecular flexibility index (Phi) is 4.62. The zero-order chi connectivity index (χ0) is 21.8. The van der Waals surface area contributed by atoms with Gasteiger partial charge in [0.1, 0.15) is 0 Å². The molecule has 7 nitrogen and oxygen atoms in total. The van der Waals surface area contributed by atoms with Crippen molar-refractivity contribution in [3.8, 4) is 0 Å². The van der Waals surface area contributed by atoms with Gasteiger partial charge in [0.2, 0.25) is 0 Å². The number of hydrogen-bond donors (Lipinski definition) is 2. The largest absolute Gasteiger partial charge is 0.369 e. The van der Waals surface area contributed by atoms with E-state index in [0.29, 0.717) is 34.5 Å². The molecule has 1 atom stereocenters. The van der Waals surface area contributed by atoms with Crippen LogP contribution in [0.4, 0.5) is 15.8 Å². The maximum Gasteiger partial charge on any atom is 0.257 e.